The highest BCUT2D eigenvalue weighted by Gasteiger charge is 2.26. The van der Waals surface area contributed by atoms with Gasteiger partial charge in [0.2, 0.25) is 0 Å². The molecule has 0 saturated heterocycles. The molecule has 2 aliphatic carbocycles. The Hall–Kier alpha value is 0. The van der Waals surface area contributed by atoms with Gasteiger partial charge in [0.15, 0.2) is 0 Å². The molecule has 0 unspecified atom stereocenters. The van der Waals surface area contributed by atoms with Crippen LogP contribution in [0.1, 0.15) is 84.0 Å². The summed E-state index contributed by atoms with van der Waals surface area (Å²) >= 11 is 0. The van der Waals surface area contributed by atoms with E-state index in [-0.39, 0.29) is 0 Å². The van der Waals surface area contributed by atoms with Crippen molar-refractivity contribution >= 4 is 0 Å². The van der Waals surface area contributed by atoms with Crippen molar-refractivity contribution in [1.82, 2.24) is 0 Å². The summed E-state index contributed by atoms with van der Waals surface area (Å²) in [6.45, 7) is 2.58. The smallest absolute Gasteiger partial charge is 0.0386 e. The number of hydrogen-bond acceptors (Lipinski definition) is 0. The molecule has 0 aliphatic heterocycles. The summed E-state index contributed by atoms with van der Waals surface area (Å²) < 4.78 is 0. The molecule has 0 atom stereocenters. The van der Waals surface area contributed by atoms with Crippen LogP contribution in [0.4, 0.5) is 0 Å². The van der Waals surface area contributed by atoms with Gasteiger partial charge in [-0.2, -0.15) is 0 Å². The Morgan fingerprint density at radius 2 is 0.875 bits per heavy atom. The van der Waals surface area contributed by atoms with Crippen molar-refractivity contribution in [2.75, 3.05) is 0 Å². The minimum absolute atomic E-state index is 1.02. The Balaban J connectivity index is 1.85. The van der Waals surface area contributed by atoms with Gasteiger partial charge in [0.05, 0.1) is 0 Å². The minimum atomic E-state index is 1.02. The highest BCUT2D eigenvalue weighted by atomic mass is 14.3. The predicted octanol–water partition coefficient (Wildman–Crippen LogP) is 5.56. The zero-order valence-electron chi connectivity index (χ0n) is 11.2. The Kier molecular flexibility index (Phi) is 5.19. The fraction of sp³-hybridized carbons (Fsp3) is 1.00. The standard InChI is InChI=1S/C16H30/c1-14(15-10-6-2-3-7-11-15)16-12-8-4-5-9-13-16/h14-16H,2-13H2,1H3. The SMILES string of the molecule is CC(C1CCCCCC1)C1CCCCCC1. The van der Waals surface area contributed by atoms with Gasteiger partial charge in [-0.1, -0.05) is 84.0 Å². The molecule has 0 nitrogen and oxygen atoms in total. The second kappa shape index (κ2) is 6.67. The molecule has 0 bridgehead atoms. The summed E-state index contributed by atoms with van der Waals surface area (Å²) in [4.78, 5) is 0. The fourth-order valence-corrected chi connectivity index (χ4v) is 4.06. The zero-order valence-corrected chi connectivity index (χ0v) is 11.2. The van der Waals surface area contributed by atoms with Crippen LogP contribution in [-0.4, -0.2) is 0 Å². The molecule has 2 saturated carbocycles. The lowest BCUT2D eigenvalue weighted by molar-refractivity contribution is 0.206. The van der Waals surface area contributed by atoms with E-state index in [4.69, 9.17) is 0 Å². The average Bonchev–Trinajstić information content (AvgIpc) is 2.73. The summed E-state index contributed by atoms with van der Waals surface area (Å²) in [7, 11) is 0. The van der Waals surface area contributed by atoms with E-state index in [2.05, 4.69) is 6.92 Å². The van der Waals surface area contributed by atoms with Crippen LogP contribution in [0.3, 0.4) is 0 Å². The Bertz CT molecular complexity index is 148. The second-order valence-corrected chi connectivity index (χ2v) is 6.36. The molecule has 0 spiro atoms. The lowest BCUT2D eigenvalue weighted by Gasteiger charge is -2.30. The largest absolute Gasteiger partial charge is 0.0620 e. The molecule has 94 valence electrons. The van der Waals surface area contributed by atoms with E-state index >= 15 is 0 Å². The molecule has 0 aromatic carbocycles. The third-order valence-corrected chi connectivity index (χ3v) is 5.29. The van der Waals surface area contributed by atoms with Crippen LogP contribution in [0, 0.1) is 17.8 Å². The van der Waals surface area contributed by atoms with Crippen molar-refractivity contribution in [2.24, 2.45) is 17.8 Å². The maximum absolute atomic E-state index is 2.58. The van der Waals surface area contributed by atoms with E-state index in [1.54, 1.807) is 0 Å². The first-order valence-corrected chi connectivity index (χ1v) is 7.88. The molecule has 0 radical (unpaired) electrons. The lowest BCUT2D eigenvalue weighted by Crippen LogP contribution is -2.20. The van der Waals surface area contributed by atoms with E-state index in [9.17, 15) is 0 Å². The van der Waals surface area contributed by atoms with E-state index in [0.717, 1.165) is 17.8 Å². The number of hydrogen-bond donors (Lipinski definition) is 0. The molecular weight excluding hydrogens is 192 g/mol. The van der Waals surface area contributed by atoms with Crippen molar-refractivity contribution in [2.45, 2.75) is 84.0 Å². The van der Waals surface area contributed by atoms with Crippen molar-refractivity contribution < 1.29 is 0 Å². The monoisotopic (exact) mass is 222 g/mol. The van der Waals surface area contributed by atoms with Gasteiger partial charge in [-0.25, -0.2) is 0 Å². The van der Waals surface area contributed by atoms with Crippen LogP contribution in [-0.2, 0) is 0 Å². The van der Waals surface area contributed by atoms with Gasteiger partial charge in [0.25, 0.3) is 0 Å². The molecule has 0 amide bonds. The molecule has 0 aromatic rings. The summed E-state index contributed by atoms with van der Waals surface area (Å²) in [6, 6.07) is 0. The molecule has 2 aliphatic rings. The van der Waals surface area contributed by atoms with Crippen LogP contribution >= 0.6 is 0 Å². The lowest BCUT2D eigenvalue weighted by atomic mass is 9.76. The molecule has 2 rings (SSSR count). The Labute approximate surface area is 102 Å². The van der Waals surface area contributed by atoms with Crippen LogP contribution in [0.25, 0.3) is 0 Å². The van der Waals surface area contributed by atoms with E-state index in [1.165, 1.54) is 77.0 Å². The van der Waals surface area contributed by atoms with E-state index in [1.807, 2.05) is 0 Å². The third-order valence-electron chi connectivity index (χ3n) is 5.29. The third kappa shape index (κ3) is 3.50. The fourth-order valence-electron chi connectivity index (χ4n) is 4.06. The van der Waals surface area contributed by atoms with Gasteiger partial charge in [-0.3, -0.25) is 0 Å². The Morgan fingerprint density at radius 3 is 1.19 bits per heavy atom. The van der Waals surface area contributed by atoms with Crippen LogP contribution < -0.4 is 0 Å². The highest BCUT2D eigenvalue weighted by Crippen LogP contribution is 2.38. The van der Waals surface area contributed by atoms with Crippen LogP contribution in [0.2, 0.25) is 0 Å². The number of rotatable bonds is 2. The summed E-state index contributed by atoms with van der Waals surface area (Å²) in [5.41, 5.74) is 0. The quantitative estimate of drug-likeness (QED) is 0.536. The minimum Gasteiger partial charge on any atom is -0.0620 e. The molecule has 0 aromatic heterocycles. The maximum atomic E-state index is 2.58. The van der Waals surface area contributed by atoms with Gasteiger partial charge in [-0.05, 0) is 17.8 Å². The zero-order chi connectivity index (χ0) is 11.2. The Morgan fingerprint density at radius 1 is 0.562 bits per heavy atom. The average molecular weight is 222 g/mol. The first kappa shape index (κ1) is 12.5. The second-order valence-electron chi connectivity index (χ2n) is 6.36. The first-order valence-electron chi connectivity index (χ1n) is 7.88. The van der Waals surface area contributed by atoms with Gasteiger partial charge in [0, 0.05) is 0 Å². The molecular formula is C16H30. The molecule has 0 heteroatoms. The van der Waals surface area contributed by atoms with E-state index in [0.29, 0.717) is 0 Å². The van der Waals surface area contributed by atoms with E-state index < -0.39 is 0 Å². The van der Waals surface area contributed by atoms with Gasteiger partial charge in [-0.15, -0.1) is 0 Å². The summed E-state index contributed by atoms with van der Waals surface area (Å²) in [6.07, 6.45) is 18.3. The summed E-state index contributed by atoms with van der Waals surface area (Å²) in [5.74, 6) is 3.17. The first-order chi connectivity index (χ1) is 7.88. The topological polar surface area (TPSA) is 0 Å². The normalized spacial score (nSPS) is 26.6. The maximum Gasteiger partial charge on any atom is -0.0386 e. The van der Waals surface area contributed by atoms with Crippen molar-refractivity contribution in [3.05, 3.63) is 0 Å². The summed E-state index contributed by atoms with van der Waals surface area (Å²) in [5, 5.41) is 0. The molecule has 0 heterocycles. The molecule has 16 heavy (non-hydrogen) atoms. The van der Waals surface area contributed by atoms with Gasteiger partial charge < -0.3 is 0 Å². The molecule has 0 N–H and O–H groups in total. The van der Waals surface area contributed by atoms with Crippen molar-refractivity contribution in [1.29, 1.82) is 0 Å². The van der Waals surface area contributed by atoms with Crippen molar-refractivity contribution in [3.63, 3.8) is 0 Å². The van der Waals surface area contributed by atoms with Crippen LogP contribution in [0.5, 0.6) is 0 Å². The van der Waals surface area contributed by atoms with Gasteiger partial charge >= 0.3 is 0 Å². The molecule has 2 fully saturated rings. The van der Waals surface area contributed by atoms with Crippen molar-refractivity contribution in [3.8, 4) is 0 Å². The highest BCUT2D eigenvalue weighted by molar-refractivity contribution is 4.77. The van der Waals surface area contributed by atoms with Crippen LogP contribution in [0.15, 0.2) is 0 Å². The predicted molar refractivity (Wildman–Crippen MR) is 71.5 cm³/mol. The van der Waals surface area contributed by atoms with Gasteiger partial charge in [0.1, 0.15) is 0 Å².